The normalized spacial score (nSPS) is 13.8. The van der Waals surface area contributed by atoms with E-state index >= 15 is 0 Å². The SMILES string of the molecule is COc1cc(C2=NN(Cc3ccc(NC(=O)c4cccnc4)cc3)CCC2)ccc1S(C)(=O)=O. The zero-order valence-corrected chi connectivity index (χ0v) is 19.9. The number of hydrazone groups is 1. The largest absolute Gasteiger partial charge is 0.495 e. The van der Waals surface area contributed by atoms with Gasteiger partial charge >= 0.3 is 0 Å². The minimum atomic E-state index is -3.38. The molecule has 0 bridgehead atoms. The molecular weight excluding hydrogens is 452 g/mol. The number of methoxy groups -OCH3 is 1. The molecule has 3 aromatic rings. The number of aromatic nitrogens is 1. The van der Waals surface area contributed by atoms with E-state index in [1.54, 1.807) is 36.5 Å². The van der Waals surface area contributed by atoms with Crippen LogP contribution in [0.1, 0.15) is 34.3 Å². The van der Waals surface area contributed by atoms with Crippen LogP contribution in [0.4, 0.5) is 5.69 Å². The van der Waals surface area contributed by atoms with Crippen molar-refractivity contribution in [2.45, 2.75) is 24.3 Å². The van der Waals surface area contributed by atoms with Crippen LogP contribution in [0.15, 0.2) is 77.0 Å². The van der Waals surface area contributed by atoms with E-state index in [-0.39, 0.29) is 10.8 Å². The number of nitrogens with zero attached hydrogens (tertiary/aromatic N) is 3. The minimum absolute atomic E-state index is 0.169. The first kappa shape index (κ1) is 23.4. The number of anilines is 1. The number of carbonyl (C=O) groups excluding carboxylic acids is 1. The summed E-state index contributed by atoms with van der Waals surface area (Å²) in [4.78, 5) is 16.4. The maximum Gasteiger partial charge on any atom is 0.257 e. The van der Waals surface area contributed by atoms with Crippen LogP contribution in [-0.4, -0.2) is 49.9 Å². The van der Waals surface area contributed by atoms with Gasteiger partial charge in [0.25, 0.3) is 5.91 Å². The molecule has 0 fully saturated rings. The number of nitrogens with one attached hydrogen (secondary N) is 1. The van der Waals surface area contributed by atoms with E-state index in [1.165, 1.54) is 19.6 Å². The highest BCUT2D eigenvalue weighted by molar-refractivity contribution is 7.90. The highest BCUT2D eigenvalue weighted by Gasteiger charge is 2.19. The average molecular weight is 479 g/mol. The second-order valence-electron chi connectivity index (χ2n) is 8.07. The van der Waals surface area contributed by atoms with Gasteiger partial charge in [-0.15, -0.1) is 0 Å². The number of ether oxygens (including phenoxy) is 1. The fraction of sp³-hybridized carbons (Fsp3) is 0.240. The molecule has 1 aliphatic rings. The van der Waals surface area contributed by atoms with Gasteiger partial charge in [-0.05, 0) is 54.8 Å². The van der Waals surface area contributed by atoms with Crippen LogP contribution < -0.4 is 10.1 Å². The quantitative estimate of drug-likeness (QED) is 0.555. The molecule has 2 aromatic carbocycles. The molecule has 1 amide bonds. The number of carbonyl (C=O) groups is 1. The molecule has 1 aliphatic heterocycles. The smallest absolute Gasteiger partial charge is 0.257 e. The Hall–Kier alpha value is -3.72. The van der Waals surface area contributed by atoms with Crippen LogP contribution in [0.25, 0.3) is 0 Å². The summed E-state index contributed by atoms with van der Waals surface area (Å²) in [5, 5.41) is 9.66. The number of hydrogen-bond acceptors (Lipinski definition) is 7. The predicted octanol–water partition coefficient (Wildman–Crippen LogP) is 3.75. The van der Waals surface area contributed by atoms with Gasteiger partial charge < -0.3 is 10.1 Å². The summed E-state index contributed by atoms with van der Waals surface area (Å²) in [6, 6.07) is 16.2. The van der Waals surface area contributed by atoms with E-state index in [4.69, 9.17) is 9.84 Å². The van der Waals surface area contributed by atoms with E-state index in [2.05, 4.69) is 10.3 Å². The van der Waals surface area contributed by atoms with Crippen molar-refractivity contribution in [2.24, 2.45) is 5.10 Å². The third kappa shape index (κ3) is 5.60. The number of benzene rings is 2. The first-order chi connectivity index (χ1) is 16.3. The molecule has 0 radical (unpaired) electrons. The lowest BCUT2D eigenvalue weighted by Crippen LogP contribution is -2.26. The van der Waals surface area contributed by atoms with E-state index < -0.39 is 9.84 Å². The van der Waals surface area contributed by atoms with Gasteiger partial charge in [-0.1, -0.05) is 18.2 Å². The lowest BCUT2D eigenvalue weighted by Gasteiger charge is -2.26. The molecule has 0 aliphatic carbocycles. The van der Waals surface area contributed by atoms with Crippen LogP contribution in [-0.2, 0) is 16.4 Å². The summed E-state index contributed by atoms with van der Waals surface area (Å²) in [6.07, 6.45) is 6.06. The van der Waals surface area contributed by atoms with Crippen LogP contribution in [0.3, 0.4) is 0 Å². The third-order valence-corrected chi connectivity index (χ3v) is 6.63. The standard InChI is InChI=1S/C25H26N4O4S/c1-33-23-15-19(9-12-24(23)34(2,31)32)22-6-4-14-29(28-22)17-18-7-10-21(11-8-18)27-25(30)20-5-3-13-26-16-20/h3,5,7-13,15-16H,4,6,14,17H2,1-2H3,(H,27,30). The summed E-state index contributed by atoms with van der Waals surface area (Å²) in [5.41, 5.74) is 4.02. The van der Waals surface area contributed by atoms with Gasteiger partial charge in [0.1, 0.15) is 10.6 Å². The lowest BCUT2D eigenvalue weighted by molar-refractivity contribution is 0.102. The zero-order valence-electron chi connectivity index (χ0n) is 19.1. The van der Waals surface area contributed by atoms with Crippen LogP contribution in [0.5, 0.6) is 5.75 Å². The Bertz CT molecular complexity index is 1310. The number of amides is 1. The molecule has 0 saturated heterocycles. The fourth-order valence-corrected chi connectivity index (χ4v) is 4.60. The molecule has 4 rings (SSSR count). The molecule has 0 spiro atoms. The van der Waals surface area contributed by atoms with Crippen molar-refractivity contribution in [1.29, 1.82) is 0 Å². The van der Waals surface area contributed by atoms with Crippen molar-refractivity contribution in [1.82, 2.24) is 9.99 Å². The number of hydrogen-bond donors (Lipinski definition) is 1. The van der Waals surface area contributed by atoms with Crippen molar-refractivity contribution in [2.75, 3.05) is 25.2 Å². The molecule has 2 heterocycles. The fourth-order valence-electron chi connectivity index (χ4n) is 3.77. The Morgan fingerprint density at radius 2 is 1.94 bits per heavy atom. The van der Waals surface area contributed by atoms with Crippen LogP contribution in [0, 0.1) is 0 Å². The number of sulfone groups is 1. The molecule has 0 atom stereocenters. The van der Waals surface area contributed by atoms with Crippen molar-refractivity contribution in [3.63, 3.8) is 0 Å². The molecule has 8 nitrogen and oxygen atoms in total. The number of rotatable bonds is 7. The summed E-state index contributed by atoms with van der Waals surface area (Å²) in [6.45, 7) is 1.44. The second kappa shape index (κ2) is 10.0. The topological polar surface area (TPSA) is 101 Å². The number of pyridine rings is 1. The zero-order chi connectivity index (χ0) is 24.1. The van der Waals surface area contributed by atoms with E-state index in [1.807, 2.05) is 29.3 Å². The van der Waals surface area contributed by atoms with E-state index in [0.29, 0.717) is 23.5 Å². The predicted molar refractivity (Wildman–Crippen MR) is 131 cm³/mol. The van der Waals surface area contributed by atoms with Crippen molar-refractivity contribution in [3.05, 3.63) is 83.7 Å². The Morgan fingerprint density at radius 1 is 1.15 bits per heavy atom. The molecule has 34 heavy (non-hydrogen) atoms. The van der Waals surface area contributed by atoms with Gasteiger partial charge in [0.15, 0.2) is 9.84 Å². The molecule has 0 unspecified atom stereocenters. The van der Waals surface area contributed by atoms with Crippen molar-refractivity contribution < 1.29 is 17.9 Å². The lowest BCUT2D eigenvalue weighted by atomic mass is 10.0. The average Bonchev–Trinajstić information content (AvgIpc) is 2.85. The molecule has 1 aromatic heterocycles. The Labute approximate surface area is 199 Å². The maximum absolute atomic E-state index is 12.3. The molecule has 9 heteroatoms. The van der Waals surface area contributed by atoms with Gasteiger partial charge in [-0.3, -0.25) is 14.8 Å². The van der Waals surface area contributed by atoms with Gasteiger partial charge in [0.2, 0.25) is 0 Å². The van der Waals surface area contributed by atoms with E-state index in [9.17, 15) is 13.2 Å². The first-order valence-electron chi connectivity index (χ1n) is 10.8. The molecule has 0 saturated carbocycles. The maximum atomic E-state index is 12.3. The Kier molecular flexibility index (Phi) is 6.93. The summed E-state index contributed by atoms with van der Waals surface area (Å²) in [7, 11) is -1.91. The Morgan fingerprint density at radius 3 is 2.62 bits per heavy atom. The summed E-state index contributed by atoms with van der Waals surface area (Å²) in [5.74, 6) is 0.118. The molecule has 176 valence electrons. The molecular formula is C25H26N4O4S. The minimum Gasteiger partial charge on any atom is -0.495 e. The van der Waals surface area contributed by atoms with Gasteiger partial charge in [0, 0.05) is 36.4 Å². The highest BCUT2D eigenvalue weighted by Crippen LogP contribution is 2.27. The van der Waals surface area contributed by atoms with Gasteiger partial charge in [-0.25, -0.2) is 8.42 Å². The van der Waals surface area contributed by atoms with Crippen LogP contribution >= 0.6 is 0 Å². The highest BCUT2D eigenvalue weighted by atomic mass is 32.2. The first-order valence-corrected chi connectivity index (χ1v) is 12.7. The molecule has 1 N–H and O–H groups in total. The summed E-state index contributed by atoms with van der Waals surface area (Å²) >= 11 is 0. The van der Waals surface area contributed by atoms with Crippen LogP contribution in [0.2, 0.25) is 0 Å². The third-order valence-electron chi connectivity index (χ3n) is 5.49. The summed E-state index contributed by atoms with van der Waals surface area (Å²) < 4.78 is 29.2. The van der Waals surface area contributed by atoms with Crippen molar-refractivity contribution in [3.8, 4) is 5.75 Å². The monoisotopic (exact) mass is 478 g/mol. The van der Waals surface area contributed by atoms with E-state index in [0.717, 1.165) is 36.2 Å². The van der Waals surface area contributed by atoms with Crippen molar-refractivity contribution >= 4 is 27.1 Å². The second-order valence-corrected chi connectivity index (χ2v) is 10.1. The van der Waals surface area contributed by atoms with Gasteiger partial charge in [-0.2, -0.15) is 5.10 Å². The van der Waals surface area contributed by atoms with Gasteiger partial charge in [0.05, 0.1) is 24.9 Å². The Balaban J connectivity index is 1.45.